The summed E-state index contributed by atoms with van der Waals surface area (Å²) in [5.74, 6) is 0.282. The molecule has 0 aliphatic carbocycles. The number of carbonyl (C=O) groups excluding carboxylic acids is 1. The first-order valence-corrected chi connectivity index (χ1v) is 8.76. The van der Waals surface area contributed by atoms with Crippen LogP contribution >= 0.6 is 0 Å². The molecule has 3 heterocycles. The van der Waals surface area contributed by atoms with Gasteiger partial charge in [-0.05, 0) is 39.2 Å². The maximum absolute atomic E-state index is 12.3. The van der Waals surface area contributed by atoms with Gasteiger partial charge in [-0.2, -0.15) is 4.57 Å². The van der Waals surface area contributed by atoms with Gasteiger partial charge in [0, 0.05) is 23.6 Å². The summed E-state index contributed by atoms with van der Waals surface area (Å²) in [5, 5.41) is 1.18. The van der Waals surface area contributed by atoms with Crippen LogP contribution < -0.4 is 4.57 Å². The lowest BCUT2D eigenvalue weighted by molar-refractivity contribution is -0.692. The summed E-state index contributed by atoms with van der Waals surface area (Å²) in [6, 6.07) is 2.18. The smallest absolute Gasteiger partial charge is 0.355 e. The number of aryl methyl sites for hydroxylation is 1. The van der Waals surface area contributed by atoms with Gasteiger partial charge in [-0.3, -0.25) is 0 Å². The predicted octanol–water partition coefficient (Wildman–Crippen LogP) is 3.95. The summed E-state index contributed by atoms with van der Waals surface area (Å²) in [6.07, 6.45) is 0.992. The van der Waals surface area contributed by atoms with E-state index in [1.807, 2.05) is 13.8 Å². The number of H-pyrrole nitrogens is 1. The molecule has 1 N–H and O–H groups in total. The molecule has 0 radical (unpaired) electrons. The van der Waals surface area contributed by atoms with Gasteiger partial charge in [0.2, 0.25) is 5.69 Å². The quantitative estimate of drug-likeness (QED) is 0.683. The Kier molecular flexibility index (Phi) is 4.24. The minimum Gasteiger partial charge on any atom is -0.461 e. The molecule has 1 aliphatic heterocycles. The number of hydrogen-bond donors (Lipinski definition) is 1. The third-order valence-corrected chi connectivity index (χ3v) is 4.97. The lowest BCUT2D eigenvalue weighted by Gasteiger charge is -2.08. The number of aromatic nitrogens is 2. The third kappa shape index (κ3) is 2.54. The largest absolute Gasteiger partial charge is 0.461 e. The first kappa shape index (κ1) is 16.7. The molecule has 0 fully saturated rings. The molecule has 3 rings (SSSR count). The summed E-state index contributed by atoms with van der Waals surface area (Å²) >= 11 is 0. The summed E-state index contributed by atoms with van der Waals surface area (Å²) in [7, 11) is 0. The first-order chi connectivity index (χ1) is 11.3. The van der Waals surface area contributed by atoms with Crippen molar-refractivity contribution < 1.29 is 14.1 Å². The summed E-state index contributed by atoms with van der Waals surface area (Å²) < 4.78 is 7.63. The van der Waals surface area contributed by atoms with Crippen molar-refractivity contribution in [2.45, 2.75) is 54.5 Å². The fourth-order valence-corrected chi connectivity index (χ4v) is 3.67. The zero-order valence-electron chi connectivity index (χ0n) is 15.5. The van der Waals surface area contributed by atoms with Crippen LogP contribution in [0.4, 0.5) is 0 Å². The number of ether oxygens (including phenoxy) is 1. The van der Waals surface area contributed by atoms with Crippen molar-refractivity contribution >= 4 is 22.4 Å². The number of esters is 1. The predicted molar refractivity (Wildman–Crippen MR) is 96.0 cm³/mol. The van der Waals surface area contributed by atoms with Crippen molar-refractivity contribution in [1.82, 2.24) is 4.98 Å². The molecule has 2 aromatic heterocycles. The molecule has 4 heteroatoms. The summed E-state index contributed by atoms with van der Waals surface area (Å²) in [6.45, 7) is 14.0. The van der Waals surface area contributed by atoms with Crippen LogP contribution in [0.2, 0.25) is 0 Å². The van der Waals surface area contributed by atoms with Gasteiger partial charge in [-0.25, -0.2) is 4.79 Å². The number of carbonyl (C=O) groups is 1. The number of nitrogens with one attached hydrogen (secondary N) is 1. The van der Waals surface area contributed by atoms with Gasteiger partial charge in [0.25, 0.3) is 0 Å². The maximum Gasteiger partial charge on any atom is 0.355 e. The van der Waals surface area contributed by atoms with E-state index in [4.69, 9.17) is 4.74 Å². The molecular weight excluding hydrogens is 300 g/mol. The average molecular weight is 327 g/mol. The highest BCUT2D eigenvalue weighted by molar-refractivity contribution is 5.99. The van der Waals surface area contributed by atoms with Crippen molar-refractivity contribution in [3.63, 3.8) is 0 Å². The molecule has 4 nitrogen and oxygen atoms in total. The molecule has 0 atom stereocenters. The van der Waals surface area contributed by atoms with Crippen LogP contribution in [0.25, 0.3) is 16.5 Å². The number of allylic oxidation sites excluding steroid dienone is 2. The van der Waals surface area contributed by atoms with Crippen LogP contribution in [-0.4, -0.2) is 17.6 Å². The van der Waals surface area contributed by atoms with Crippen molar-refractivity contribution in [3.05, 3.63) is 34.3 Å². The average Bonchev–Trinajstić information content (AvgIpc) is 2.98. The first-order valence-electron chi connectivity index (χ1n) is 8.76. The number of rotatable bonds is 4. The van der Waals surface area contributed by atoms with Gasteiger partial charge in [-0.1, -0.05) is 13.8 Å². The summed E-state index contributed by atoms with van der Waals surface area (Å²) in [4.78, 5) is 15.6. The molecule has 0 aromatic carbocycles. The fourth-order valence-electron chi connectivity index (χ4n) is 3.67. The minimum atomic E-state index is -0.268. The Balaban J connectivity index is 2.28. The van der Waals surface area contributed by atoms with E-state index in [0.29, 0.717) is 18.2 Å². The fraction of sp³-hybridized carbons (Fsp3) is 0.500. The summed E-state index contributed by atoms with van der Waals surface area (Å²) in [5.41, 5.74) is 7.94. The maximum atomic E-state index is 12.3. The van der Waals surface area contributed by atoms with Gasteiger partial charge in [0.15, 0.2) is 12.2 Å². The number of hydrogen-bond acceptors (Lipinski definition) is 2. The normalized spacial score (nSPS) is 14.0. The van der Waals surface area contributed by atoms with Crippen molar-refractivity contribution in [2.24, 2.45) is 5.92 Å². The molecule has 2 aromatic rings. The SMILES string of the molecule is CCOC(=O)c1[nH]c2cc3[n+](c(CC(C)C)c2c1C)CC(C)=C3C. The standard InChI is InChI=1S/C20H26N2O2/c1-7-24-20(23)19-14(6)18-15(21-19)9-16-13(5)12(4)10-22(16)17(18)8-11(2)3/h9,11H,7-8,10H2,1-6H3/p+1. The second-order valence-corrected chi connectivity index (χ2v) is 7.20. The lowest BCUT2D eigenvalue weighted by atomic mass is 10.0. The topological polar surface area (TPSA) is 46.0 Å². The van der Waals surface area contributed by atoms with Crippen LogP contribution in [0.15, 0.2) is 11.6 Å². The van der Waals surface area contributed by atoms with Crippen LogP contribution in [0, 0.1) is 12.8 Å². The monoisotopic (exact) mass is 327 g/mol. The zero-order chi connectivity index (χ0) is 17.6. The van der Waals surface area contributed by atoms with Crippen molar-refractivity contribution in [1.29, 1.82) is 0 Å². The Labute approximate surface area is 143 Å². The second-order valence-electron chi connectivity index (χ2n) is 7.20. The van der Waals surface area contributed by atoms with Gasteiger partial charge in [0.1, 0.15) is 5.69 Å². The third-order valence-electron chi connectivity index (χ3n) is 4.97. The van der Waals surface area contributed by atoms with Gasteiger partial charge in [0.05, 0.1) is 17.5 Å². The van der Waals surface area contributed by atoms with E-state index in [-0.39, 0.29) is 5.97 Å². The number of aromatic amines is 1. The van der Waals surface area contributed by atoms with Gasteiger partial charge >= 0.3 is 5.97 Å². The van der Waals surface area contributed by atoms with E-state index in [0.717, 1.165) is 24.0 Å². The van der Waals surface area contributed by atoms with E-state index in [1.165, 1.54) is 27.9 Å². The molecule has 0 spiro atoms. The highest BCUT2D eigenvalue weighted by Crippen LogP contribution is 2.31. The minimum absolute atomic E-state index is 0.268. The Hall–Kier alpha value is -2.10. The second kappa shape index (κ2) is 6.08. The molecule has 0 amide bonds. The van der Waals surface area contributed by atoms with Crippen molar-refractivity contribution in [3.8, 4) is 0 Å². The molecule has 0 unspecified atom stereocenters. The van der Waals surface area contributed by atoms with Gasteiger partial charge < -0.3 is 9.72 Å². The highest BCUT2D eigenvalue weighted by Gasteiger charge is 2.32. The Morgan fingerprint density at radius 3 is 2.67 bits per heavy atom. The number of pyridine rings is 1. The number of fused-ring (bicyclic) bond motifs is 2. The number of nitrogens with zero attached hydrogens (tertiary/aromatic N) is 1. The lowest BCUT2D eigenvalue weighted by Crippen LogP contribution is -2.40. The zero-order valence-corrected chi connectivity index (χ0v) is 15.5. The van der Waals surface area contributed by atoms with E-state index >= 15 is 0 Å². The molecule has 0 bridgehead atoms. The van der Waals surface area contributed by atoms with Crippen LogP contribution in [-0.2, 0) is 17.7 Å². The molecule has 24 heavy (non-hydrogen) atoms. The highest BCUT2D eigenvalue weighted by atomic mass is 16.5. The van der Waals surface area contributed by atoms with Crippen molar-refractivity contribution in [2.75, 3.05) is 6.61 Å². The van der Waals surface area contributed by atoms with Crippen LogP contribution in [0.5, 0.6) is 0 Å². The van der Waals surface area contributed by atoms with E-state index in [2.05, 4.69) is 43.3 Å². The molecule has 1 aliphatic rings. The van der Waals surface area contributed by atoms with Gasteiger partial charge in [-0.15, -0.1) is 0 Å². The van der Waals surface area contributed by atoms with E-state index in [9.17, 15) is 4.79 Å². The molecule has 0 saturated carbocycles. The Bertz CT molecular complexity index is 856. The van der Waals surface area contributed by atoms with E-state index < -0.39 is 0 Å². The van der Waals surface area contributed by atoms with E-state index in [1.54, 1.807) is 0 Å². The van der Waals surface area contributed by atoms with Crippen LogP contribution in [0.3, 0.4) is 0 Å². The molecule has 128 valence electrons. The Morgan fingerprint density at radius 2 is 2.04 bits per heavy atom. The van der Waals surface area contributed by atoms with Crippen LogP contribution in [0.1, 0.15) is 62.1 Å². The molecule has 0 saturated heterocycles. The Morgan fingerprint density at radius 1 is 1.33 bits per heavy atom. The molecular formula is C20H27N2O2+.